The van der Waals surface area contributed by atoms with E-state index in [4.69, 9.17) is 17.2 Å². The van der Waals surface area contributed by atoms with Crippen molar-refractivity contribution in [3.05, 3.63) is 78.4 Å². The van der Waals surface area contributed by atoms with Gasteiger partial charge in [-0.05, 0) is 54.5 Å². The second kappa shape index (κ2) is 8.31. The van der Waals surface area contributed by atoms with E-state index >= 15 is 0 Å². The number of nitrogens with one attached hydrogen (secondary N) is 1. The number of fused-ring (bicyclic) bond motifs is 2. The molecule has 1 heterocycles. The SMILES string of the molecule is CCCN(Cc1ccccc1)C(=S)Nc1ccc2nc3ccccc3nc2c1. The molecule has 1 aromatic heterocycles. The van der Waals surface area contributed by atoms with Gasteiger partial charge >= 0.3 is 0 Å². The van der Waals surface area contributed by atoms with Crippen molar-refractivity contribution in [2.24, 2.45) is 0 Å². The fourth-order valence-corrected chi connectivity index (χ4v) is 3.50. The highest BCUT2D eigenvalue weighted by Gasteiger charge is 2.11. The minimum Gasteiger partial charge on any atom is -0.345 e. The summed E-state index contributed by atoms with van der Waals surface area (Å²) in [5.74, 6) is 0. The summed E-state index contributed by atoms with van der Waals surface area (Å²) in [6.45, 7) is 3.86. The minimum absolute atomic E-state index is 0.721. The summed E-state index contributed by atoms with van der Waals surface area (Å²) in [5.41, 5.74) is 5.71. The molecule has 4 aromatic rings. The van der Waals surface area contributed by atoms with Crippen molar-refractivity contribution >= 4 is 45.1 Å². The Bertz CT molecular complexity index is 1110. The lowest BCUT2D eigenvalue weighted by Gasteiger charge is -2.25. The summed E-state index contributed by atoms with van der Waals surface area (Å²) in [7, 11) is 0. The topological polar surface area (TPSA) is 41.0 Å². The van der Waals surface area contributed by atoms with Crippen LogP contribution < -0.4 is 5.32 Å². The second-order valence-corrected chi connectivity index (χ2v) is 7.14. The highest BCUT2D eigenvalue weighted by atomic mass is 32.1. The van der Waals surface area contributed by atoms with Gasteiger partial charge in [-0.2, -0.15) is 0 Å². The average Bonchev–Trinajstić information content (AvgIpc) is 2.72. The number of benzene rings is 3. The number of rotatable bonds is 5. The summed E-state index contributed by atoms with van der Waals surface area (Å²) in [5, 5.41) is 4.10. The van der Waals surface area contributed by atoms with Crippen LogP contribution in [0, 0.1) is 0 Å². The first-order chi connectivity index (χ1) is 13.7. The predicted octanol–water partition coefficient (Wildman–Crippen LogP) is 5.39. The Labute approximate surface area is 170 Å². The van der Waals surface area contributed by atoms with Gasteiger partial charge < -0.3 is 10.2 Å². The molecule has 140 valence electrons. The van der Waals surface area contributed by atoms with E-state index in [-0.39, 0.29) is 0 Å². The van der Waals surface area contributed by atoms with Crippen molar-refractivity contribution in [3.8, 4) is 0 Å². The van der Waals surface area contributed by atoms with E-state index in [2.05, 4.69) is 46.4 Å². The molecule has 28 heavy (non-hydrogen) atoms. The number of hydrogen-bond donors (Lipinski definition) is 1. The molecule has 0 bridgehead atoms. The van der Waals surface area contributed by atoms with Crippen molar-refractivity contribution in [1.29, 1.82) is 0 Å². The first kappa shape index (κ1) is 18.3. The van der Waals surface area contributed by atoms with E-state index in [0.717, 1.165) is 52.4 Å². The van der Waals surface area contributed by atoms with Crippen LogP contribution in [-0.2, 0) is 6.54 Å². The zero-order valence-corrected chi connectivity index (χ0v) is 16.6. The van der Waals surface area contributed by atoms with E-state index in [1.54, 1.807) is 0 Å². The highest BCUT2D eigenvalue weighted by Crippen LogP contribution is 2.20. The van der Waals surface area contributed by atoms with Gasteiger partial charge in [-0.1, -0.05) is 49.4 Å². The summed E-state index contributed by atoms with van der Waals surface area (Å²) in [4.78, 5) is 11.6. The maximum absolute atomic E-state index is 5.70. The molecule has 4 nitrogen and oxygen atoms in total. The van der Waals surface area contributed by atoms with Crippen molar-refractivity contribution in [1.82, 2.24) is 14.9 Å². The van der Waals surface area contributed by atoms with E-state index in [1.165, 1.54) is 5.56 Å². The Morgan fingerprint density at radius 1 is 0.857 bits per heavy atom. The molecule has 1 N–H and O–H groups in total. The van der Waals surface area contributed by atoms with Gasteiger partial charge in [-0.15, -0.1) is 0 Å². The first-order valence-electron chi connectivity index (χ1n) is 9.49. The number of thiocarbonyl (C=S) groups is 1. The Morgan fingerprint density at radius 2 is 1.50 bits per heavy atom. The Morgan fingerprint density at radius 3 is 2.21 bits per heavy atom. The van der Waals surface area contributed by atoms with Gasteiger partial charge in [0.2, 0.25) is 0 Å². The predicted molar refractivity (Wildman–Crippen MR) is 120 cm³/mol. The van der Waals surface area contributed by atoms with Gasteiger partial charge in [0.1, 0.15) is 0 Å². The Balaban J connectivity index is 1.56. The van der Waals surface area contributed by atoms with Gasteiger partial charge in [0.15, 0.2) is 5.11 Å². The average molecular weight is 387 g/mol. The molecule has 0 aliphatic carbocycles. The molecule has 0 saturated carbocycles. The molecular formula is C23H22N4S. The van der Waals surface area contributed by atoms with Crippen LogP contribution >= 0.6 is 12.2 Å². The first-order valence-corrected chi connectivity index (χ1v) is 9.90. The van der Waals surface area contributed by atoms with Crippen LogP contribution in [0.2, 0.25) is 0 Å². The fourth-order valence-electron chi connectivity index (χ4n) is 3.23. The number of anilines is 1. The normalized spacial score (nSPS) is 10.9. The largest absolute Gasteiger partial charge is 0.345 e. The van der Waals surface area contributed by atoms with Crippen molar-refractivity contribution < 1.29 is 0 Å². The summed E-state index contributed by atoms with van der Waals surface area (Å²) in [6, 6.07) is 24.3. The number of aromatic nitrogens is 2. The van der Waals surface area contributed by atoms with Crippen LogP contribution in [0.5, 0.6) is 0 Å². The molecule has 3 aromatic carbocycles. The summed E-state index contributed by atoms with van der Waals surface area (Å²) < 4.78 is 0. The van der Waals surface area contributed by atoms with Crippen LogP contribution in [-0.4, -0.2) is 26.5 Å². The quantitative estimate of drug-likeness (QED) is 0.368. The fraction of sp³-hybridized carbons (Fsp3) is 0.174. The van der Waals surface area contributed by atoms with Crippen molar-refractivity contribution in [2.75, 3.05) is 11.9 Å². The Kier molecular flexibility index (Phi) is 5.44. The van der Waals surface area contributed by atoms with Crippen molar-refractivity contribution in [2.45, 2.75) is 19.9 Å². The molecule has 0 aliphatic rings. The summed E-state index contributed by atoms with van der Waals surface area (Å²) in [6.07, 6.45) is 1.03. The molecule has 5 heteroatoms. The van der Waals surface area contributed by atoms with Gasteiger partial charge in [-0.25, -0.2) is 9.97 Å². The molecule has 0 atom stereocenters. The molecule has 0 saturated heterocycles. The maximum atomic E-state index is 5.70. The number of para-hydroxylation sites is 2. The van der Waals surface area contributed by atoms with Gasteiger partial charge in [0, 0.05) is 18.8 Å². The third-order valence-electron chi connectivity index (χ3n) is 4.59. The second-order valence-electron chi connectivity index (χ2n) is 6.75. The van der Waals surface area contributed by atoms with Crippen LogP contribution in [0.25, 0.3) is 22.1 Å². The third-order valence-corrected chi connectivity index (χ3v) is 4.95. The lowest BCUT2D eigenvalue weighted by molar-refractivity contribution is 0.418. The van der Waals surface area contributed by atoms with Gasteiger partial charge in [-0.3, -0.25) is 0 Å². The number of hydrogen-bond acceptors (Lipinski definition) is 3. The monoisotopic (exact) mass is 386 g/mol. The van der Waals surface area contributed by atoms with Crippen molar-refractivity contribution in [3.63, 3.8) is 0 Å². The lowest BCUT2D eigenvalue weighted by atomic mass is 10.2. The third kappa shape index (κ3) is 4.10. The molecule has 4 rings (SSSR count). The van der Waals surface area contributed by atoms with Gasteiger partial charge in [0.05, 0.1) is 22.1 Å². The smallest absolute Gasteiger partial charge is 0.173 e. The molecule has 0 unspecified atom stereocenters. The molecule has 0 amide bonds. The van der Waals surface area contributed by atoms with Crippen LogP contribution in [0.3, 0.4) is 0 Å². The zero-order chi connectivity index (χ0) is 19.3. The lowest BCUT2D eigenvalue weighted by Crippen LogP contribution is -2.34. The van der Waals surface area contributed by atoms with E-state index in [0.29, 0.717) is 0 Å². The Hall–Kier alpha value is -3.05. The van der Waals surface area contributed by atoms with Crippen LogP contribution in [0.1, 0.15) is 18.9 Å². The standard InChI is InChI=1S/C23H22N4S/c1-2-14-27(16-17-8-4-3-5-9-17)23(28)24-18-12-13-21-22(15-18)26-20-11-7-6-10-19(20)25-21/h3-13,15H,2,14,16H2,1H3,(H,24,28). The molecule has 0 radical (unpaired) electrons. The molecule has 0 fully saturated rings. The summed E-state index contributed by atoms with van der Waals surface area (Å²) >= 11 is 5.70. The van der Waals surface area contributed by atoms with E-state index in [9.17, 15) is 0 Å². The maximum Gasteiger partial charge on any atom is 0.173 e. The van der Waals surface area contributed by atoms with Gasteiger partial charge in [0.25, 0.3) is 0 Å². The zero-order valence-electron chi connectivity index (χ0n) is 15.8. The van der Waals surface area contributed by atoms with Crippen LogP contribution in [0.15, 0.2) is 72.8 Å². The van der Waals surface area contributed by atoms with Crippen LogP contribution in [0.4, 0.5) is 5.69 Å². The highest BCUT2D eigenvalue weighted by molar-refractivity contribution is 7.80. The molecular weight excluding hydrogens is 364 g/mol. The van der Waals surface area contributed by atoms with E-state index in [1.807, 2.05) is 48.5 Å². The molecule has 0 aliphatic heterocycles. The molecule has 0 spiro atoms. The number of nitrogens with zero attached hydrogens (tertiary/aromatic N) is 3. The van der Waals surface area contributed by atoms with E-state index < -0.39 is 0 Å². The minimum atomic E-state index is 0.721.